The SMILES string of the molecule is CCCNCc1cn(CC(C)C)nc1C. The zero-order chi connectivity index (χ0) is 11.3. The fraction of sp³-hybridized carbons (Fsp3) is 0.750. The van der Waals surface area contributed by atoms with Crippen molar-refractivity contribution in [3.8, 4) is 0 Å². The first-order valence-corrected chi connectivity index (χ1v) is 5.87. The Balaban J connectivity index is 2.53. The van der Waals surface area contributed by atoms with Gasteiger partial charge in [-0.15, -0.1) is 0 Å². The highest BCUT2D eigenvalue weighted by Gasteiger charge is 2.05. The Bertz CT molecular complexity index is 289. The maximum Gasteiger partial charge on any atom is 0.0638 e. The van der Waals surface area contributed by atoms with Crippen LogP contribution in [0.4, 0.5) is 0 Å². The summed E-state index contributed by atoms with van der Waals surface area (Å²) in [5.41, 5.74) is 2.48. The smallest absolute Gasteiger partial charge is 0.0638 e. The summed E-state index contributed by atoms with van der Waals surface area (Å²) in [5, 5.41) is 7.91. The van der Waals surface area contributed by atoms with Gasteiger partial charge in [0.05, 0.1) is 5.69 Å². The second-order valence-electron chi connectivity index (χ2n) is 4.53. The van der Waals surface area contributed by atoms with Crippen molar-refractivity contribution in [1.82, 2.24) is 15.1 Å². The maximum absolute atomic E-state index is 4.51. The van der Waals surface area contributed by atoms with Gasteiger partial charge < -0.3 is 5.32 Å². The molecule has 0 aromatic carbocycles. The molecule has 0 bridgehead atoms. The van der Waals surface area contributed by atoms with Crippen molar-refractivity contribution < 1.29 is 0 Å². The van der Waals surface area contributed by atoms with E-state index in [0.717, 1.165) is 25.3 Å². The summed E-state index contributed by atoms with van der Waals surface area (Å²) in [6.45, 7) is 11.7. The molecule has 0 radical (unpaired) electrons. The van der Waals surface area contributed by atoms with Gasteiger partial charge in [-0.2, -0.15) is 5.10 Å². The number of nitrogens with zero attached hydrogens (tertiary/aromatic N) is 2. The molecule has 86 valence electrons. The van der Waals surface area contributed by atoms with E-state index in [1.165, 1.54) is 12.0 Å². The molecule has 1 aromatic rings. The van der Waals surface area contributed by atoms with Crippen molar-refractivity contribution in [1.29, 1.82) is 0 Å². The molecule has 0 amide bonds. The van der Waals surface area contributed by atoms with Crippen LogP contribution in [0.3, 0.4) is 0 Å². The second-order valence-corrected chi connectivity index (χ2v) is 4.53. The molecule has 0 fully saturated rings. The Morgan fingerprint density at radius 2 is 2.20 bits per heavy atom. The predicted molar refractivity (Wildman–Crippen MR) is 63.8 cm³/mol. The molecule has 1 aromatic heterocycles. The van der Waals surface area contributed by atoms with E-state index in [1.807, 2.05) is 0 Å². The molecule has 3 nitrogen and oxygen atoms in total. The lowest BCUT2D eigenvalue weighted by Gasteiger charge is -2.03. The van der Waals surface area contributed by atoms with Crippen molar-refractivity contribution in [3.05, 3.63) is 17.5 Å². The van der Waals surface area contributed by atoms with Crippen molar-refractivity contribution in [2.45, 2.75) is 47.2 Å². The van der Waals surface area contributed by atoms with Crippen LogP contribution in [0.5, 0.6) is 0 Å². The van der Waals surface area contributed by atoms with E-state index in [4.69, 9.17) is 0 Å². The highest BCUT2D eigenvalue weighted by Crippen LogP contribution is 2.07. The van der Waals surface area contributed by atoms with Crippen LogP contribution >= 0.6 is 0 Å². The third-order valence-electron chi connectivity index (χ3n) is 2.34. The molecule has 0 saturated carbocycles. The molecule has 3 heteroatoms. The van der Waals surface area contributed by atoms with Gasteiger partial charge in [0.15, 0.2) is 0 Å². The third kappa shape index (κ3) is 4.04. The molecule has 1 N–H and O–H groups in total. The highest BCUT2D eigenvalue weighted by molar-refractivity contribution is 5.14. The summed E-state index contributed by atoms with van der Waals surface area (Å²) in [4.78, 5) is 0. The summed E-state index contributed by atoms with van der Waals surface area (Å²) < 4.78 is 2.06. The van der Waals surface area contributed by atoms with Crippen LogP contribution in [0, 0.1) is 12.8 Å². The average molecular weight is 209 g/mol. The van der Waals surface area contributed by atoms with Crippen molar-refractivity contribution in [3.63, 3.8) is 0 Å². The Hall–Kier alpha value is -0.830. The van der Waals surface area contributed by atoms with Crippen LogP contribution < -0.4 is 5.32 Å². The minimum absolute atomic E-state index is 0.653. The molecular weight excluding hydrogens is 186 g/mol. The molecule has 0 aliphatic rings. The van der Waals surface area contributed by atoms with Crippen molar-refractivity contribution >= 4 is 0 Å². The zero-order valence-corrected chi connectivity index (χ0v) is 10.4. The van der Waals surface area contributed by atoms with E-state index in [0.29, 0.717) is 5.92 Å². The lowest BCUT2D eigenvalue weighted by molar-refractivity contribution is 0.481. The molecule has 0 aliphatic carbocycles. The second kappa shape index (κ2) is 5.91. The molecule has 0 aliphatic heterocycles. The third-order valence-corrected chi connectivity index (χ3v) is 2.34. The van der Waals surface area contributed by atoms with Crippen LogP contribution in [0.1, 0.15) is 38.4 Å². The number of rotatable bonds is 6. The van der Waals surface area contributed by atoms with E-state index in [9.17, 15) is 0 Å². The summed E-state index contributed by atoms with van der Waals surface area (Å²) >= 11 is 0. The fourth-order valence-corrected chi connectivity index (χ4v) is 1.60. The van der Waals surface area contributed by atoms with Gasteiger partial charge in [0.25, 0.3) is 0 Å². The Morgan fingerprint density at radius 3 is 2.80 bits per heavy atom. The first-order chi connectivity index (χ1) is 7.13. The molecule has 1 rings (SSSR count). The normalized spacial score (nSPS) is 11.3. The lowest BCUT2D eigenvalue weighted by atomic mass is 10.2. The summed E-state index contributed by atoms with van der Waals surface area (Å²) in [6.07, 6.45) is 3.34. The molecule has 1 heterocycles. The monoisotopic (exact) mass is 209 g/mol. The fourth-order valence-electron chi connectivity index (χ4n) is 1.60. The largest absolute Gasteiger partial charge is 0.313 e. The van der Waals surface area contributed by atoms with Gasteiger partial charge in [0.2, 0.25) is 0 Å². The Morgan fingerprint density at radius 1 is 1.47 bits per heavy atom. The van der Waals surface area contributed by atoms with Crippen LogP contribution in [-0.2, 0) is 13.1 Å². The van der Waals surface area contributed by atoms with E-state index in [2.05, 4.69) is 49.0 Å². The average Bonchev–Trinajstić information content (AvgIpc) is 2.46. The van der Waals surface area contributed by atoms with Gasteiger partial charge in [-0.3, -0.25) is 4.68 Å². The van der Waals surface area contributed by atoms with Gasteiger partial charge in [0.1, 0.15) is 0 Å². The molecule has 15 heavy (non-hydrogen) atoms. The first kappa shape index (κ1) is 12.2. The van der Waals surface area contributed by atoms with E-state index < -0.39 is 0 Å². The number of nitrogens with one attached hydrogen (secondary N) is 1. The standard InChI is InChI=1S/C12H23N3/c1-5-6-13-7-12-9-15(8-10(2)3)14-11(12)4/h9-10,13H,5-8H2,1-4H3. The number of aryl methyl sites for hydroxylation is 1. The van der Waals surface area contributed by atoms with Gasteiger partial charge in [-0.1, -0.05) is 20.8 Å². The Labute approximate surface area is 92.9 Å². The van der Waals surface area contributed by atoms with Gasteiger partial charge >= 0.3 is 0 Å². The lowest BCUT2D eigenvalue weighted by Crippen LogP contribution is -2.13. The predicted octanol–water partition coefficient (Wildman–Crippen LogP) is 2.35. The van der Waals surface area contributed by atoms with Crippen molar-refractivity contribution in [2.24, 2.45) is 5.92 Å². The van der Waals surface area contributed by atoms with E-state index in [-0.39, 0.29) is 0 Å². The van der Waals surface area contributed by atoms with Crippen LogP contribution in [0.2, 0.25) is 0 Å². The van der Waals surface area contributed by atoms with E-state index >= 15 is 0 Å². The van der Waals surface area contributed by atoms with Gasteiger partial charge in [0, 0.05) is 24.8 Å². The first-order valence-electron chi connectivity index (χ1n) is 5.87. The number of hydrogen-bond acceptors (Lipinski definition) is 2. The maximum atomic E-state index is 4.51. The van der Waals surface area contributed by atoms with Crippen molar-refractivity contribution in [2.75, 3.05) is 6.54 Å². The molecule has 0 saturated heterocycles. The minimum atomic E-state index is 0.653. The van der Waals surface area contributed by atoms with E-state index in [1.54, 1.807) is 0 Å². The Kier molecular flexibility index (Phi) is 4.82. The summed E-state index contributed by atoms with van der Waals surface area (Å²) in [6, 6.07) is 0. The molecule has 0 unspecified atom stereocenters. The zero-order valence-electron chi connectivity index (χ0n) is 10.4. The number of hydrogen-bond donors (Lipinski definition) is 1. The quantitative estimate of drug-likeness (QED) is 0.729. The van der Waals surface area contributed by atoms with Gasteiger partial charge in [-0.05, 0) is 25.8 Å². The highest BCUT2D eigenvalue weighted by atomic mass is 15.3. The van der Waals surface area contributed by atoms with Crippen LogP contribution in [0.25, 0.3) is 0 Å². The summed E-state index contributed by atoms with van der Waals surface area (Å²) in [7, 11) is 0. The summed E-state index contributed by atoms with van der Waals surface area (Å²) in [5.74, 6) is 0.653. The minimum Gasteiger partial charge on any atom is -0.313 e. The molecule has 0 atom stereocenters. The van der Waals surface area contributed by atoms with Gasteiger partial charge in [-0.25, -0.2) is 0 Å². The number of aromatic nitrogens is 2. The molecular formula is C12H23N3. The molecule has 0 spiro atoms. The topological polar surface area (TPSA) is 29.9 Å². The van der Waals surface area contributed by atoms with Crippen LogP contribution in [0.15, 0.2) is 6.20 Å². The van der Waals surface area contributed by atoms with Crippen LogP contribution in [-0.4, -0.2) is 16.3 Å².